The Morgan fingerprint density at radius 2 is 1.71 bits per heavy atom. The molecule has 0 spiro atoms. The predicted molar refractivity (Wildman–Crippen MR) is 142 cm³/mol. The number of carbonyl (C=O) groups excluding carboxylic acids is 3. The molecule has 0 bridgehead atoms. The normalized spacial score (nSPS) is 14.7. The largest absolute Gasteiger partial charge is 0.462 e. The molecule has 2 N–H and O–H groups in total. The lowest BCUT2D eigenvalue weighted by Crippen LogP contribution is -2.25. The molecule has 0 heterocycles. The van der Waals surface area contributed by atoms with E-state index in [0.29, 0.717) is 24.3 Å². The van der Waals surface area contributed by atoms with E-state index < -0.39 is 0 Å². The fourth-order valence-electron chi connectivity index (χ4n) is 4.05. The van der Waals surface area contributed by atoms with E-state index >= 15 is 0 Å². The fraction of sp³-hybridized carbons (Fsp3) is 0.464. The molecule has 1 fully saturated rings. The zero-order valence-corrected chi connectivity index (χ0v) is 21.5. The first-order chi connectivity index (χ1) is 17.0. The van der Waals surface area contributed by atoms with Gasteiger partial charge in [-0.3, -0.25) is 9.59 Å². The lowest BCUT2D eigenvalue weighted by atomic mass is 9.88. The Morgan fingerprint density at radius 1 is 0.971 bits per heavy atom. The number of ether oxygens (including phenoxy) is 1. The van der Waals surface area contributed by atoms with E-state index in [1.165, 1.54) is 18.2 Å². The van der Waals surface area contributed by atoms with E-state index in [-0.39, 0.29) is 29.0 Å². The number of unbranched alkanes of at least 4 members (excludes halogenated alkanes) is 1. The maximum absolute atomic E-state index is 12.9. The van der Waals surface area contributed by atoms with Crippen molar-refractivity contribution >= 4 is 40.9 Å². The molecule has 3 rings (SSSR count). The van der Waals surface area contributed by atoms with E-state index in [9.17, 15) is 14.4 Å². The van der Waals surface area contributed by atoms with Crippen molar-refractivity contribution in [1.29, 1.82) is 0 Å². The molecule has 1 unspecified atom stereocenters. The van der Waals surface area contributed by atoms with Gasteiger partial charge in [-0.25, -0.2) is 4.79 Å². The summed E-state index contributed by atoms with van der Waals surface area (Å²) in [5.74, 6) is -0.269. The summed E-state index contributed by atoms with van der Waals surface area (Å²) >= 11 is 1.47. The standard InChI is InChI=1S/C28H36N2O4S/c1-3-5-18-34-28(33)21-14-16-22(17-15-21)29-27(32)25(4-2)35-24-13-9-12-23(19-24)30-26(31)20-10-7-6-8-11-20/h9,12-17,19-20,25H,3-8,10-11,18H2,1-2H3,(H,29,32)(H,30,31). The molecule has 0 aliphatic heterocycles. The van der Waals surface area contributed by atoms with E-state index in [1.54, 1.807) is 24.3 Å². The molecular weight excluding hydrogens is 460 g/mol. The van der Waals surface area contributed by atoms with Crippen molar-refractivity contribution in [3.8, 4) is 0 Å². The van der Waals surface area contributed by atoms with E-state index in [0.717, 1.165) is 49.1 Å². The minimum atomic E-state index is -0.353. The van der Waals surface area contributed by atoms with Gasteiger partial charge < -0.3 is 15.4 Å². The van der Waals surface area contributed by atoms with Gasteiger partial charge in [0.1, 0.15) is 0 Å². The molecule has 0 aromatic heterocycles. The van der Waals surface area contributed by atoms with Crippen LogP contribution in [0.25, 0.3) is 0 Å². The summed E-state index contributed by atoms with van der Waals surface area (Å²) < 4.78 is 5.22. The van der Waals surface area contributed by atoms with Gasteiger partial charge in [-0.15, -0.1) is 11.8 Å². The van der Waals surface area contributed by atoms with E-state index in [2.05, 4.69) is 10.6 Å². The van der Waals surface area contributed by atoms with Gasteiger partial charge in [0.2, 0.25) is 11.8 Å². The average Bonchev–Trinajstić information content (AvgIpc) is 2.88. The minimum Gasteiger partial charge on any atom is -0.462 e. The topological polar surface area (TPSA) is 84.5 Å². The molecule has 188 valence electrons. The predicted octanol–water partition coefficient (Wildman–Crippen LogP) is 6.67. The van der Waals surface area contributed by atoms with Gasteiger partial charge in [-0.2, -0.15) is 0 Å². The highest BCUT2D eigenvalue weighted by atomic mass is 32.2. The Bertz CT molecular complexity index is 987. The molecule has 7 heteroatoms. The molecule has 0 saturated heterocycles. The number of rotatable bonds is 11. The Hall–Kier alpha value is -2.80. The summed E-state index contributed by atoms with van der Waals surface area (Å²) in [5.41, 5.74) is 1.86. The number of esters is 1. The van der Waals surface area contributed by atoms with E-state index in [4.69, 9.17) is 4.74 Å². The van der Waals surface area contributed by atoms with Crippen LogP contribution in [0, 0.1) is 5.92 Å². The van der Waals surface area contributed by atoms with Gasteiger partial charge >= 0.3 is 5.97 Å². The van der Waals surface area contributed by atoms with Crippen LogP contribution >= 0.6 is 11.8 Å². The summed E-state index contributed by atoms with van der Waals surface area (Å²) in [5, 5.41) is 5.70. The van der Waals surface area contributed by atoms with Crippen LogP contribution in [0.5, 0.6) is 0 Å². The highest BCUT2D eigenvalue weighted by Gasteiger charge is 2.22. The first-order valence-corrected chi connectivity index (χ1v) is 13.5. The maximum atomic E-state index is 12.9. The molecule has 2 aromatic carbocycles. The van der Waals surface area contributed by atoms with Crippen LogP contribution in [-0.2, 0) is 14.3 Å². The van der Waals surface area contributed by atoms with Crippen LogP contribution in [0.4, 0.5) is 11.4 Å². The lowest BCUT2D eigenvalue weighted by Gasteiger charge is -2.21. The maximum Gasteiger partial charge on any atom is 0.338 e. The second-order valence-corrected chi connectivity index (χ2v) is 10.2. The van der Waals surface area contributed by atoms with Gasteiger partial charge in [0.05, 0.1) is 17.4 Å². The van der Waals surface area contributed by atoms with Gasteiger partial charge in [-0.1, -0.05) is 45.6 Å². The van der Waals surface area contributed by atoms with Gasteiger partial charge in [0.15, 0.2) is 0 Å². The Labute approximate surface area is 212 Å². The molecule has 2 amide bonds. The van der Waals surface area contributed by atoms with Gasteiger partial charge in [0, 0.05) is 22.2 Å². The third-order valence-electron chi connectivity index (χ3n) is 6.14. The molecule has 1 atom stereocenters. The van der Waals surface area contributed by atoms with Crippen molar-refractivity contribution in [1.82, 2.24) is 0 Å². The number of hydrogen-bond acceptors (Lipinski definition) is 5. The number of nitrogens with one attached hydrogen (secondary N) is 2. The second kappa shape index (κ2) is 13.9. The number of anilines is 2. The lowest BCUT2D eigenvalue weighted by molar-refractivity contribution is -0.120. The summed E-state index contributed by atoms with van der Waals surface area (Å²) in [6.07, 6.45) is 7.82. The van der Waals surface area contributed by atoms with Crippen LogP contribution in [0.2, 0.25) is 0 Å². The van der Waals surface area contributed by atoms with Gasteiger partial charge in [-0.05, 0) is 68.1 Å². The van der Waals surface area contributed by atoms with Gasteiger partial charge in [0.25, 0.3) is 0 Å². The van der Waals surface area contributed by atoms with E-state index in [1.807, 2.05) is 38.1 Å². The molecular formula is C28H36N2O4S. The Kier molecular flexibility index (Phi) is 10.7. The number of thioether (sulfide) groups is 1. The quantitative estimate of drug-likeness (QED) is 0.206. The van der Waals surface area contributed by atoms with Crippen LogP contribution in [0.15, 0.2) is 53.4 Å². The van der Waals surface area contributed by atoms with Crippen LogP contribution in [0.3, 0.4) is 0 Å². The monoisotopic (exact) mass is 496 g/mol. The Morgan fingerprint density at radius 3 is 2.40 bits per heavy atom. The summed E-state index contributed by atoms with van der Waals surface area (Å²) in [7, 11) is 0. The molecule has 1 saturated carbocycles. The van der Waals surface area contributed by atoms with Crippen molar-refractivity contribution in [2.45, 2.75) is 75.4 Å². The van der Waals surface area contributed by atoms with Crippen LogP contribution in [0.1, 0.15) is 75.6 Å². The number of hydrogen-bond donors (Lipinski definition) is 2. The Balaban J connectivity index is 1.55. The zero-order valence-electron chi connectivity index (χ0n) is 20.7. The average molecular weight is 497 g/mol. The molecule has 1 aliphatic carbocycles. The van der Waals surface area contributed by atoms with Crippen molar-refractivity contribution in [2.24, 2.45) is 5.92 Å². The fourth-order valence-corrected chi connectivity index (χ4v) is 5.06. The molecule has 0 radical (unpaired) electrons. The SMILES string of the molecule is CCCCOC(=O)c1ccc(NC(=O)C(CC)Sc2cccc(NC(=O)C3CCCCC3)c2)cc1. The molecule has 35 heavy (non-hydrogen) atoms. The summed E-state index contributed by atoms with van der Waals surface area (Å²) in [6, 6.07) is 14.4. The van der Waals surface area contributed by atoms with Crippen molar-refractivity contribution in [3.63, 3.8) is 0 Å². The molecule has 2 aromatic rings. The van der Waals surface area contributed by atoms with Crippen molar-refractivity contribution in [3.05, 3.63) is 54.1 Å². The van der Waals surface area contributed by atoms with Crippen molar-refractivity contribution in [2.75, 3.05) is 17.2 Å². The highest BCUT2D eigenvalue weighted by molar-refractivity contribution is 8.00. The van der Waals surface area contributed by atoms with Crippen LogP contribution < -0.4 is 10.6 Å². The molecule has 6 nitrogen and oxygen atoms in total. The van der Waals surface area contributed by atoms with Crippen molar-refractivity contribution < 1.29 is 19.1 Å². The smallest absolute Gasteiger partial charge is 0.338 e. The molecule has 1 aliphatic rings. The number of amides is 2. The summed E-state index contributed by atoms with van der Waals surface area (Å²) in [4.78, 5) is 38.5. The number of carbonyl (C=O) groups is 3. The highest BCUT2D eigenvalue weighted by Crippen LogP contribution is 2.30. The first-order valence-electron chi connectivity index (χ1n) is 12.7. The van der Waals surface area contributed by atoms with Crippen LogP contribution in [-0.4, -0.2) is 29.6 Å². The first kappa shape index (κ1) is 26.8. The third-order valence-corrected chi connectivity index (χ3v) is 7.50. The second-order valence-electron chi connectivity index (χ2n) is 8.92. The summed E-state index contributed by atoms with van der Waals surface area (Å²) in [6.45, 7) is 4.43. The number of benzene rings is 2. The zero-order chi connectivity index (χ0) is 25.0. The minimum absolute atomic E-state index is 0.0920. The third kappa shape index (κ3) is 8.42.